The van der Waals surface area contributed by atoms with Gasteiger partial charge in [-0.25, -0.2) is 0 Å². The fourth-order valence-electron chi connectivity index (χ4n) is 3.31. The smallest absolute Gasteiger partial charge is 0.231 e. The summed E-state index contributed by atoms with van der Waals surface area (Å²) < 4.78 is 16.5. The van der Waals surface area contributed by atoms with E-state index < -0.39 is 0 Å². The molecule has 0 saturated heterocycles. The number of rotatable bonds is 3. The number of hydrogen-bond donors (Lipinski definition) is 0. The van der Waals surface area contributed by atoms with Crippen LogP contribution in [0.4, 0.5) is 0 Å². The average molecular weight is 340 g/mol. The van der Waals surface area contributed by atoms with Crippen LogP contribution in [0.1, 0.15) is 16.9 Å². The number of fused-ring (bicyclic) bond motifs is 2. The standard InChI is InChI=1S/C18H16N2O3S/c1-2-16-17(22-11-21-16)7-13(1)18-14-9-20(5-3-15(14)23-19-18)8-12-4-6-24-10-12/h1-2,4,6-7,10H,3,5,8-9,11H2. The second-order valence-corrected chi connectivity index (χ2v) is 6.87. The molecule has 0 unspecified atom stereocenters. The lowest BCUT2D eigenvalue weighted by molar-refractivity contribution is 0.174. The molecule has 122 valence electrons. The van der Waals surface area contributed by atoms with Gasteiger partial charge in [-0.15, -0.1) is 0 Å². The van der Waals surface area contributed by atoms with Crippen molar-refractivity contribution in [3.63, 3.8) is 0 Å². The van der Waals surface area contributed by atoms with Crippen LogP contribution in [0, 0.1) is 0 Å². The number of thiophene rings is 1. The minimum Gasteiger partial charge on any atom is -0.454 e. The average Bonchev–Trinajstić information content (AvgIpc) is 3.34. The molecule has 4 heterocycles. The Balaban J connectivity index is 1.44. The molecule has 6 heteroatoms. The Hall–Kier alpha value is -2.31. The van der Waals surface area contributed by atoms with Gasteiger partial charge in [0.05, 0.1) is 0 Å². The highest BCUT2D eigenvalue weighted by Gasteiger charge is 2.26. The van der Waals surface area contributed by atoms with E-state index in [0.717, 1.165) is 54.6 Å². The maximum atomic E-state index is 5.60. The zero-order valence-corrected chi connectivity index (χ0v) is 13.8. The van der Waals surface area contributed by atoms with E-state index in [-0.39, 0.29) is 6.79 Å². The fraction of sp³-hybridized carbons (Fsp3) is 0.278. The van der Waals surface area contributed by atoms with Crippen LogP contribution >= 0.6 is 11.3 Å². The van der Waals surface area contributed by atoms with E-state index in [0.29, 0.717) is 0 Å². The first-order chi connectivity index (χ1) is 11.9. The molecule has 1 aromatic carbocycles. The third kappa shape index (κ3) is 2.39. The minimum atomic E-state index is 0.282. The van der Waals surface area contributed by atoms with E-state index in [2.05, 4.69) is 26.9 Å². The maximum Gasteiger partial charge on any atom is 0.231 e. The topological polar surface area (TPSA) is 47.7 Å². The largest absolute Gasteiger partial charge is 0.454 e. The Morgan fingerprint density at radius 1 is 1.17 bits per heavy atom. The maximum absolute atomic E-state index is 5.60. The molecule has 0 N–H and O–H groups in total. The molecule has 0 bridgehead atoms. The van der Waals surface area contributed by atoms with Gasteiger partial charge in [0.2, 0.25) is 6.79 Å². The lowest BCUT2D eigenvalue weighted by atomic mass is 10.0. The summed E-state index contributed by atoms with van der Waals surface area (Å²) in [4.78, 5) is 2.44. The van der Waals surface area contributed by atoms with Crippen LogP contribution in [0.5, 0.6) is 11.5 Å². The van der Waals surface area contributed by atoms with Gasteiger partial charge < -0.3 is 14.0 Å². The van der Waals surface area contributed by atoms with Crippen LogP contribution in [0.15, 0.2) is 39.5 Å². The van der Waals surface area contributed by atoms with Crippen LogP contribution < -0.4 is 9.47 Å². The quantitative estimate of drug-likeness (QED) is 0.728. The fourth-order valence-corrected chi connectivity index (χ4v) is 3.97. The summed E-state index contributed by atoms with van der Waals surface area (Å²) in [5.74, 6) is 2.56. The third-order valence-corrected chi connectivity index (χ3v) is 5.27. The van der Waals surface area contributed by atoms with Crippen molar-refractivity contribution in [1.82, 2.24) is 10.1 Å². The predicted octanol–water partition coefficient (Wildman–Crippen LogP) is 3.69. The molecule has 3 aromatic rings. The van der Waals surface area contributed by atoms with E-state index in [1.54, 1.807) is 11.3 Å². The number of aromatic nitrogens is 1. The number of nitrogens with zero attached hydrogens (tertiary/aromatic N) is 2. The molecule has 0 spiro atoms. The van der Waals surface area contributed by atoms with Crippen LogP contribution in [0.2, 0.25) is 0 Å². The van der Waals surface area contributed by atoms with Gasteiger partial charge in [-0.3, -0.25) is 4.90 Å². The minimum absolute atomic E-state index is 0.282. The molecule has 5 rings (SSSR count). The first-order valence-corrected chi connectivity index (χ1v) is 8.92. The SMILES string of the molecule is c1cc(CN2CCc3onc(-c4ccc5c(c4)OCO5)c3C2)cs1. The highest BCUT2D eigenvalue weighted by Crippen LogP contribution is 2.38. The van der Waals surface area contributed by atoms with Gasteiger partial charge in [0.15, 0.2) is 11.5 Å². The summed E-state index contributed by atoms with van der Waals surface area (Å²) in [5.41, 5.74) is 4.49. The van der Waals surface area contributed by atoms with E-state index in [1.165, 1.54) is 11.1 Å². The zero-order chi connectivity index (χ0) is 15.9. The Kier molecular flexibility index (Phi) is 3.31. The molecule has 0 aliphatic carbocycles. The van der Waals surface area contributed by atoms with E-state index in [4.69, 9.17) is 14.0 Å². The molecule has 2 aromatic heterocycles. The van der Waals surface area contributed by atoms with Crippen molar-refractivity contribution in [1.29, 1.82) is 0 Å². The summed E-state index contributed by atoms with van der Waals surface area (Å²) in [6.45, 7) is 3.11. The first kappa shape index (κ1) is 14.1. The van der Waals surface area contributed by atoms with E-state index in [1.807, 2.05) is 18.2 Å². The second-order valence-electron chi connectivity index (χ2n) is 6.09. The van der Waals surface area contributed by atoms with Crippen molar-refractivity contribution in [2.75, 3.05) is 13.3 Å². The lowest BCUT2D eigenvalue weighted by Gasteiger charge is -2.25. The van der Waals surface area contributed by atoms with Crippen molar-refractivity contribution in [3.8, 4) is 22.8 Å². The van der Waals surface area contributed by atoms with Crippen LogP contribution in [0.25, 0.3) is 11.3 Å². The van der Waals surface area contributed by atoms with Crippen molar-refractivity contribution >= 4 is 11.3 Å². The zero-order valence-electron chi connectivity index (χ0n) is 13.0. The summed E-state index contributed by atoms with van der Waals surface area (Å²) in [7, 11) is 0. The lowest BCUT2D eigenvalue weighted by Crippen LogP contribution is -2.29. The molecule has 0 atom stereocenters. The van der Waals surface area contributed by atoms with Gasteiger partial charge in [-0.1, -0.05) is 5.16 Å². The normalized spacial score (nSPS) is 16.3. The van der Waals surface area contributed by atoms with Gasteiger partial charge in [-0.2, -0.15) is 11.3 Å². The van der Waals surface area contributed by atoms with Crippen molar-refractivity contribution in [3.05, 3.63) is 51.9 Å². The monoisotopic (exact) mass is 340 g/mol. The van der Waals surface area contributed by atoms with Gasteiger partial charge in [0.25, 0.3) is 0 Å². The molecular formula is C18H16N2O3S. The van der Waals surface area contributed by atoms with Gasteiger partial charge >= 0.3 is 0 Å². The Morgan fingerprint density at radius 2 is 2.12 bits per heavy atom. The molecule has 2 aliphatic rings. The molecule has 24 heavy (non-hydrogen) atoms. The van der Waals surface area contributed by atoms with Crippen LogP contribution in [-0.4, -0.2) is 23.4 Å². The molecule has 0 fully saturated rings. The number of hydrogen-bond acceptors (Lipinski definition) is 6. The van der Waals surface area contributed by atoms with Gasteiger partial charge in [0.1, 0.15) is 11.5 Å². The van der Waals surface area contributed by atoms with Gasteiger partial charge in [0, 0.05) is 37.2 Å². The predicted molar refractivity (Wildman–Crippen MR) is 90.2 cm³/mol. The Bertz CT molecular complexity index is 873. The van der Waals surface area contributed by atoms with Gasteiger partial charge in [-0.05, 0) is 40.6 Å². The summed E-state index contributed by atoms with van der Waals surface area (Å²) in [5, 5.41) is 8.67. The molecule has 2 aliphatic heterocycles. The van der Waals surface area contributed by atoms with Crippen molar-refractivity contribution in [2.24, 2.45) is 0 Å². The second kappa shape index (κ2) is 5.65. The molecular weight excluding hydrogens is 324 g/mol. The molecule has 5 nitrogen and oxygen atoms in total. The number of ether oxygens (including phenoxy) is 2. The van der Waals surface area contributed by atoms with E-state index in [9.17, 15) is 0 Å². The van der Waals surface area contributed by atoms with E-state index >= 15 is 0 Å². The highest BCUT2D eigenvalue weighted by molar-refractivity contribution is 7.07. The summed E-state index contributed by atoms with van der Waals surface area (Å²) >= 11 is 1.74. The highest BCUT2D eigenvalue weighted by atomic mass is 32.1. The third-order valence-electron chi connectivity index (χ3n) is 4.54. The van der Waals surface area contributed by atoms with Crippen molar-refractivity contribution in [2.45, 2.75) is 19.5 Å². The number of benzene rings is 1. The van der Waals surface area contributed by atoms with Crippen LogP contribution in [0.3, 0.4) is 0 Å². The summed E-state index contributed by atoms with van der Waals surface area (Å²) in [6, 6.07) is 8.12. The summed E-state index contributed by atoms with van der Waals surface area (Å²) in [6.07, 6.45) is 0.900. The molecule has 0 saturated carbocycles. The Labute approximate surface area is 143 Å². The van der Waals surface area contributed by atoms with Crippen LogP contribution in [-0.2, 0) is 19.5 Å². The van der Waals surface area contributed by atoms with Crippen molar-refractivity contribution < 1.29 is 14.0 Å². The molecule has 0 radical (unpaired) electrons. The Morgan fingerprint density at radius 3 is 3.04 bits per heavy atom. The first-order valence-electron chi connectivity index (χ1n) is 7.98. The molecule has 0 amide bonds.